The highest BCUT2D eigenvalue weighted by molar-refractivity contribution is 9.10. The molecule has 0 aromatic heterocycles. The van der Waals surface area contributed by atoms with Crippen molar-refractivity contribution < 1.29 is 4.79 Å². The van der Waals surface area contributed by atoms with Crippen LogP contribution in [0.5, 0.6) is 0 Å². The van der Waals surface area contributed by atoms with E-state index in [1.165, 1.54) is 25.0 Å². The molecule has 0 aliphatic carbocycles. The first-order chi connectivity index (χ1) is 8.66. The zero-order valence-electron chi connectivity index (χ0n) is 10.1. The first-order valence-electron chi connectivity index (χ1n) is 6.11. The molecular formula is C13H17BrN2OS. The van der Waals surface area contributed by atoms with Gasteiger partial charge >= 0.3 is 0 Å². The van der Waals surface area contributed by atoms with Gasteiger partial charge in [-0.25, -0.2) is 0 Å². The first-order valence-corrected chi connectivity index (χ1v) is 7.96. The number of halogens is 1. The Morgan fingerprint density at radius 1 is 1.50 bits per heavy atom. The van der Waals surface area contributed by atoms with Crippen molar-refractivity contribution in [1.29, 1.82) is 0 Å². The van der Waals surface area contributed by atoms with E-state index in [0.717, 1.165) is 11.0 Å². The van der Waals surface area contributed by atoms with Crippen LogP contribution in [0.4, 0.5) is 5.69 Å². The normalized spacial score (nSPS) is 19.5. The van der Waals surface area contributed by atoms with Crippen molar-refractivity contribution >= 4 is 39.3 Å². The van der Waals surface area contributed by atoms with Crippen LogP contribution in [0, 0.1) is 0 Å². The zero-order valence-corrected chi connectivity index (χ0v) is 12.5. The van der Waals surface area contributed by atoms with Crippen LogP contribution in [0.1, 0.15) is 29.6 Å². The Morgan fingerprint density at radius 3 is 3.06 bits per heavy atom. The maximum Gasteiger partial charge on any atom is 0.253 e. The molecule has 18 heavy (non-hydrogen) atoms. The molecule has 1 unspecified atom stereocenters. The number of amides is 1. The number of thioether (sulfide) groups is 1. The molecule has 1 fully saturated rings. The van der Waals surface area contributed by atoms with E-state index >= 15 is 0 Å². The van der Waals surface area contributed by atoms with Crippen LogP contribution in [0.3, 0.4) is 0 Å². The molecule has 3 nitrogen and oxygen atoms in total. The van der Waals surface area contributed by atoms with Crippen molar-refractivity contribution in [2.45, 2.75) is 24.5 Å². The molecule has 1 saturated heterocycles. The number of nitrogen functional groups attached to an aromatic ring is 1. The van der Waals surface area contributed by atoms with Gasteiger partial charge in [0.1, 0.15) is 0 Å². The number of carbonyl (C=O) groups excluding carboxylic acids is 1. The van der Waals surface area contributed by atoms with Gasteiger partial charge < -0.3 is 11.1 Å². The Hall–Kier alpha value is -0.680. The summed E-state index contributed by atoms with van der Waals surface area (Å²) >= 11 is 5.31. The van der Waals surface area contributed by atoms with E-state index in [1.54, 1.807) is 12.1 Å². The van der Waals surface area contributed by atoms with Crippen molar-refractivity contribution in [2.24, 2.45) is 0 Å². The monoisotopic (exact) mass is 328 g/mol. The van der Waals surface area contributed by atoms with E-state index in [2.05, 4.69) is 21.2 Å². The van der Waals surface area contributed by atoms with Crippen LogP contribution in [0.15, 0.2) is 22.7 Å². The third-order valence-electron chi connectivity index (χ3n) is 3.02. The fraction of sp³-hybridized carbons (Fsp3) is 0.462. The Labute approximate surface area is 120 Å². The van der Waals surface area contributed by atoms with Gasteiger partial charge in [-0.3, -0.25) is 4.79 Å². The topological polar surface area (TPSA) is 55.1 Å². The highest BCUT2D eigenvalue weighted by Crippen LogP contribution is 2.24. The summed E-state index contributed by atoms with van der Waals surface area (Å²) in [4.78, 5) is 12.0. The molecule has 1 heterocycles. The summed E-state index contributed by atoms with van der Waals surface area (Å²) in [5, 5.41) is 3.53. The van der Waals surface area contributed by atoms with Gasteiger partial charge in [0, 0.05) is 22.0 Å². The Bertz CT molecular complexity index is 433. The lowest BCUT2D eigenvalue weighted by molar-refractivity contribution is 0.0954. The fourth-order valence-electron chi connectivity index (χ4n) is 2.00. The molecule has 0 spiro atoms. The lowest BCUT2D eigenvalue weighted by Crippen LogP contribution is -2.32. The molecule has 1 atom stereocenters. The summed E-state index contributed by atoms with van der Waals surface area (Å²) in [6.45, 7) is 0.732. The van der Waals surface area contributed by atoms with Crippen LogP contribution in [0.25, 0.3) is 0 Å². The molecule has 3 N–H and O–H groups in total. The number of nitrogens with two attached hydrogens (primary N) is 1. The molecule has 1 aromatic carbocycles. The second-order valence-corrected chi connectivity index (χ2v) is 6.75. The number of rotatable bonds is 3. The van der Waals surface area contributed by atoms with Crippen molar-refractivity contribution in [3.05, 3.63) is 28.2 Å². The minimum Gasteiger partial charge on any atom is -0.398 e. The third kappa shape index (κ3) is 3.65. The summed E-state index contributed by atoms with van der Waals surface area (Å²) in [5.41, 5.74) is 6.88. The largest absolute Gasteiger partial charge is 0.398 e. The van der Waals surface area contributed by atoms with Crippen LogP contribution in [-0.4, -0.2) is 23.5 Å². The smallest absolute Gasteiger partial charge is 0.253 e. The molecule has 5 heteroatoms. The molecule has 1 aromatic rings. The van der Waals surface area contributed by atoms with E-state index in [0.29, 0.717) is 16.5 Å². The molecule has 0 radical (unpaired) electrons. The molecule has 2 rings (SSSR count). The Morgan fingerprint density at radius 2 is 2.33 bits per heavy atom. The molecule has 98 valence electrons. The summed E-state index contributed by atoms with van der Waals surface area (Å²) in [6.07, 6.45) is 3.76. The highest BCUT2D eigenvalue weighted by atomic mass is 79.9. The molecule has 1 aliphatic rings. The quantitative estimate of drug-likeness (QED) is 0.838. The molecule has 0 saturated carbocycles. The minimum atomic E-state index is -0.0834. The summed E-state index contributed by atoms with van der Waals surface area (Å²) in [7, 11) is 0. The average molecular weight is 329 g/mol. The summed E-state index contributed by atoms with van der Waals surface area (Å²) < 4.78 is 0.869. The number of hydrogen-bond donors (Lipinski definition) is 2. The average Bonchev–Trinajstić information content (AvgIpc) is 2.40. The summed E-state index contributed by atoms with van der Waals surface area (Å²) in [6, 6.07) is 5.34. The lowest BCUT2D eigenvalue weighted by atomic mass is 10.1. The van der Waals surface area contributed by atoms with E-state index in [4.69, 9.17) is 5.73 Å². The van der Waals surface area contributed by atoms with Gasteiger partial charge in [0.15, 0.2) is 0 Å². The molecule has 1 amide bonds. The van der Waals surface area contributed by atoms with Crippen molar-refractivity contribution in [3.63, 3.8) is 0 Å². The van der Waals surface area contributed by atoms with Crippen LogP contribution >= 0.6 is 27.7 Å². The SMILES string of the molecule is Nc1ccc(Br)cc1C(=O)NCC1CCCCS1. The van der Waals surface area contributed by atoms with E-state index in [9.17, 15) is 4.79 Å². The first kappa shape index (κ1) is 13.7. The van der Waals surface area contributed by atoms with Gasteiger partial charge in [-0.2, -0.15) is 11.8 Å². The van der Waals surface area contributed by atoms with Crippen molar-refractivity contribution in [1.82, 2.24) is 5.32 Å². The van der Waals surface area contributed by atoms with E-state index < -0.39 is 0 Å². The molecule has 0 bridgehead atoms. The van der Waals surface area contributed by atoms with Gasteiger partial charge in [-0.1, -0.05) is 22.4 Å². The number of benzene rings is 1. The lowest BCUT2D eigenvalue weighted by Gasteiger charge is -2.21. The molecule has 1 aliphatic heterocycles. The predicted octanol–water partition coefficient (Wildman–Crippen LogP) is 3.05. The Balaban J connectivity index is 1.92. The molecular weight excluding hydrogens is 312 g/mol. The van der Waals surface area contributed by atoms with Crippen molar-refractivity contribution in [2.75, 3.05) is 18.0 Å². The van der Waals surface area contributed by atoms with Gasteiger partial charge in [0.05, 0.1) is 5.56 Å². The second kappa shape index (κ2) is 6.48. The third-order valence-corrected chi connectivity index (χ3v) is 4.92. The number of carbonyl (C=O) groups is 1. The van der Waals surface area contributed by atoms with Crippen LogP contribution in [-0.2, 0) is 0 Å². The maximum atomic E-state index is 12.0. The second-order valence-electron chi connectivity index (χ2n) is 4.43. The summed E-state index contributed by atoms with van der Waals surface area (Å²) in [5.74, 6) is 1.12. The van der Waals surface area contributed by atoms with Gasteiger partial charge in [0.25, 0.3) is 5.91 Å². The number of hydrogen-bond acceptors (Lipinski definition) is 3. The Kier molecular flexibility index (Phi) is 4.95. The standard InChI is InChI=1S/C13H17BrN2OS/c14-9-4-5-12(15)11(7-9)13(17)16-8-10-3-1-2-6-18-10/h4-5,7,10H,1-3,6,8,15H2,(H,16,17). The highest BCUT2D eigenvalue weighted by Gasteiger charge is 2.16. The van der Waals surface area contributed by atoms with Crippen molar-refractivity contribution in [3.8, 4) is 0 Å². The number of nitrogens with one attached hydrogen (secondary N) is 1. The fourth-order valence-corrected chi connectivity index (χ4v) is 3.60. The maximum absolute atomic E-state index is 12.0. The minimum absolute atomic E-state index is 0.0834. The van der Waals surface area contributed by atoms with Crippen LogP contribution < -0.4 is 11.1 Å². The predicted molar refractivity (Wildman–Crippen MR) is 81.0 cm³/mol. The number of anilines is 1. The zero-order chi connectivity index (χ0) is 13.0. The van der Waals surface area contributed by atoms with Gasteiger partial charge in [0.2, 0.25) is 0 Å². The van der Waals surface area contributed by atoms with E-state index in [1.807, 2.05) is 17.8 Å². The van der Waals surface area contributed by atoms with Gasteiger partial charge in [-0.15, -0.1) is 0 Å². The van der Waals surface area contributed by atoms with Gasteiger partial charge in [-0.05, 0) is 36.8 Å². The van der Waals surface area contributed by atoms with Crippen LogP contribution in [0.2, 0.25) is 0 Å². The van der Waals surface area contributed by atoms with E-state index in [-0.39, 0.29) is 5.91 Å².